The van der Waals surface area contributed by atoms with E-state index in [-0.39, 0.29) is 40.9 Å². The number of halogens is 1. The summed E-state index contributed by atoms with van der Waals surface area (Å²) < 4.78 is 33.4. The fraction of sp³-hybridized carbons (Fsp3) is 0.250. The second-order valence-electron chi connectivity index (χ2n) is 2.54. The zero-order valence-corrected chi connectivity index (χ0v) is 10.4. The molecule has 1 aromatic carbocycles. The molecule has 0 saturated carbocycles. The maximum atomic E-state index is 12.9. The van der Waals surface area contributed by atoms with E-state index >= 15 is 0 Å². The summed E-state index contributed by atoms with van der Waals surface area (Å²) in [5.74, 6) is -0.717. The van der Waals surface area contributed by atoms with Crippen LogP contribution in [0.2, 0.25) is 0 Å². The Kier molecular flexibility index (Phi) is 6.00. The number of hydrogen-bond donors (Lipinski definition) is 0. The first kappa shape index (κ1) is 13.3. The van der Waals surface area contributed by atoms with Gasteiger partial charge in [0.15, 0.2) is 0 Å². The molecule has 1 aromatic rings. The van der Waals surface area contributed by atoms with E-state index in [1.165, 1.54) is 12.1 Å². The zero-order valence-electron chi connectivity index (χ0n) is 7.54. The molecule has 0 heterocycles. The van der Waals surface area contributed by atoms with Crippen molar-refractivity contribution in [1.82, 2.24) is 0 Å². The summed E-state index contributed by atoms with van der Waals surface area (Å²) in [7, 11) is 0. The number of hydrogen-bond acceptors (Lipinski definition) is 2. The van der Waals surface area contributed by atoms with Crippen LogP contribution >= 0.6 is 0 Å². The van der Waals surface area contributed by atoms with Gasteiger partial charge in [0.2, 0.25) is 0 Å². The van der Waals surface area contributed by atoms with E-state index < -0.39 is 16.9 Å². The molecule has 0 radical (unpaired) electrons. The molecular weight excluding hydrogens is 202 g/mol. The predicted octanol–water partition coefficient (Wildman–Crippen LogP) is -1.48. The van der Waals surface area contributed by atoms with Crippen LogP contribution in [0.5, 0.6) is 0 Å². The maximum Gasteiger partial charge on any atom is 1.00 e. The topological polar surface area (TPSA) is 40.1 Å². The Hall–Kier alpha value is 0.260. The quantitative estimate of drug-likeness (QED) is 0.441. The molecule has 0 amide bonds. The van der Waals surface area contributed by atoms with E-state index in [2.05, 4.69) is 0 Å². The van der Waals surface area contributed by atoms with Gasteiger partial charge in [-0.25, -0.2) is 4.39 Å². The molecule has 5 heteroatoms. The van der Waals surface area contributed by atoms with Gasteiger partial charge >= 0.3 is 29.6 Å². The second kappa shape index (κ2) is 5.88. The first-order valence-electron chi connectivity index (χ1n) is 3.40. The fourth-order valence-corrected chi connectivity index (χ4v) is 1.38. The Balaban J connectivity index is 0.00000144. The van der Waals surface area contributed by atoms with Crippen molar-refractivity contribution in [3.05, 3.63) is 35.1 Å². The van der Waals surface area contributed by atoms with Crippen molar-refractivity contribution in [2.24, 2.45) is 0 Å². The smallest absolute Gasteiger partial charge is 0.772 e. The van der Waals surface area contributed by atoms with Crippen LogP contribution in [0.3, 0.4) is 0 Å². The van der Waals surface area contributed by atoms with Gasteiger partial charge in [-0.05, 0) is 24.1 Å². The van der Waals surface area contributed by atoms with Crippen LogP contribution in [0.1, 0.15) is 11.1 Å². The molecule has 0 aliphatic heterocycles. The molecular formula is C8H8FNaO2S. The van der Waals surface area contributed by atoms with Crippen LogP contribution in [-0.2, 0) is 16.8 Å². The number of aryl methyl sites for hydroxylation is 1. The average Bonchev–Trinajstić information content (AvgIpc) is 1.94. The molecule has 0 N–H and O–H groups in total. The van der Waals surface area contributed by atoms with Gasteiger partial charge < -0.3 is 4.55 Å². The van der Waals surface area contributed by atoms with Crippen LogP contribution in [0.15, 0.2) is 18.2 Å². The Morgan fingerprint density at radius 2 is 2.15 bits per heavy atom. The van der Waals surface area contributed by atoms with Gasteiger partial charge in [0.1, 0.15) is 5.82 Å². The predicted molar refractivity (Wildman–Crippen MR) is 43.8 cm³/mol. The van der Waals surface area contributed by atoms with Crippen LogP contribution in [0, 0.1) is 12.7 Å². The summed E-state index contributed by atoms with van der Waals surface area (Å²) in [6.07, 6.45) is 0. The molecule has 1 unspecified atom stereocenters. The number of benzene rings is 1. The minimum atomic E-state index is -2.22. The third-order valence-corrected chi connectivity index (χ3v) is 2.03. The first-order chi connectivity index (χ1) is 5.59. The third-order valence-electron chi connectivity index (χ3n) is 1.48. The van der Waals surface area contributed by atoms with Crippen molar-refractivity contribution in [3.63, 3.8) is 0 Å². The van der Waals surface area contributed by atoms with E-state index in [0.717, 1.165) is 5.56 Å². The minimum Gasteiger partial charge on any atom is -0.772 e. The average molecular weight is 210 g/mol. The Morgan fingerprint density at radius 1 is 1.54 bits per heavy atom. The molecule has 1 atom stereocenters. The van der Waals surface area contributed by atoms with E-state index in [9.17, 15) is 13.2 Å². The molecule has 2 nitrogen and oxygen atoms in total. The SMILES string of the molecule is Cc1ccc(CS(=O)[O-])c(F)c1.[Na+]. The third kappa shape index (κ3) is 4.33. The van der Waals surface area contributed by atoms with Gasteiger partial charge in [0.05, 0.1) is 0 Å². The van der Waals surface area contributed by atoms with E-state index in [0.29, 0.717) is 0 Å². The van der Waals surface area contributed by atoms with Gasteiger partial charge in [-0.3, -0.25) is 4.21 Å². The van der Waals surface area contributed by atoms with Gasteiger partial charge in [0, 0.05) is 5.75 Å². The zero-order chi connectivity index (χ0) is 9.14. The summed E-state index contributed by atoms with van der Waals surface area (Å²) >= 11 is -2.22. The standard InChI is InChI=1S/C8H9FO2S.Na/c1-6-2-3-7(5-12(10)11)8(9)4-6;/h2-4H,5H2,1H3,(H,10,11);/q;+1/p-1. The van der Waals surface area contributed by atoms with Crippen molar-refractivity contribution >= 4 is 11.1 Å². The van der Waals surface area contributed by atoms with Crippen LogP contribution < -0.4 is 29.6 Å². The first-order valence-corrected chi connectivity index (χ1v) is 4.65. The maximum absolute atomic E-state index is 12.9. The molecule has 0 bridgehead atoms. The molecule has 0 aliphatic rings. The molecule has 0 aromatic heterocycles. The molecule has 0 saturated heterocycles. The van der Waals surface area contributed by atoms with Crippen LogP contribution in [0.25, 0.3) is 0 Å². The fourth-order valence-electron chi connectivity index (χ4n) is 0.896. The summed E-state index contributed by atoms with van der Waals surface area (Å²) in [4.78, 5) is 0. The van der Waals surface area contributed by atoms with Crippen molar-refractivity contribution in [2.45, 2.75) is 12.7 Å². The Bertz CT molecular complexity index is 317. The molecule has 13 heavy (non-hydrogen) atoms. The van der Waals surface area contributed by atoms with Crippen LogP contribution in [-0.4, -0.2) is 8.76 Å². The van der Waals surface area contributed by atoms with Crippen molar-refractivity contribution < 1.29 is 42.7 Å². The van der Waals surface area contributed by atoms with Crippen LogP contribution in [0.4, 0.5) is 4.39 Å². The molecule has 0 spiro atoms. The van der Waals surface area contributed by atoms with E-state index in [4.69, 9.17) is 0 Å². The van der Waals surface area contributed by atoms with Gasteiger partial charge in [-0.2, -0.15) is 0 Å². The van der Waals surface area contributed by atoms with E-state index in [1.807, 2.05) is 0 Å². The van der Waals surface area contributed by atoms with Crippen molar-refractivity contribution in [1.29, 1.82) is 0 Å². The number of rotatable bonds is 2. The summed E-state index contributed by atoms with van der Waals surface area (Å²) in [5, 5.41) is 0. The van der Waals surface area contributed by atoms with E-state index in [1.54, 1.807) is 13.0 Å². The van der Waals surface area contributed by atoms with Crippen molar-refractivity contribution in [2.75, 3.05) is 0 Å². The van der Waals surface area contributed by atoms with Gasteiger partial charge in [0.25, 0.3) is 0 Å². The van der Waals surface area contributed by atoms with Gasteiger partial charge in [-0.15, -0.1) is 0 Å². The Labute approximate surface area is 101 Å². The molecule has 0 fully saturated rings. The largest absolute Gasteiger partial charge is 1.00 e. The summed E-state index contributed by atoms with van der Waals surface area (Å²) in [6, 6.07) is 4.49. The van der Waals surface area contributed by atoms with Gasteiger partial charge in [-0.1, -0.05) is 23.2 Å². The molecule has 1 rings (SSSR count). The summed E-state index contributed by atoms with van der Waals surface area (Å²) in [5.41, 5.74) is 1.00. The Morgan fingerprint density at radius 3 is 2.62 bits per heavy atom. The summed E-state index contributed by atoms with van der Waals surface area (Å²) in [6.45, 7) is 1.75. The monoisotopic (exact) mass is 210 g/mol. The second-order valence-corrected chi connectivity index (χ2v) is 3.44. The minimum absolute atomic E-state index is 0. The normalized spacial score (nSPS) is 11.9. The van der Waals surface area contributed by atoms with Crippen molar-refractivity contribution in [3.8, 4) is 0 Å². The molecule has 0 aliphatic carbocycles. The molecule has 66 valence electrons.